The highest BCUT2D eigenvalue weighted by Gasteiger charge is 2.23. The maximum atomic E-state index is 12.4. The van der Waals surface area contributed by atoms with Gasteiger partial charge in [-0.3, -0.25) is 4.79 Å². The normalized spacial score (nSPS) is 19.6. The number of hydrogen-bond acceptors (Lipinski definition) is 2. The minimum atomic E-state index is 0.122. The summed E-state index contributed by atoms with van der Waals surface area (Å²) in [6.45, 7) is 8.33. The van der Waals surface area contributed by atoms with Gasteiger partial charge in [0.05, 0.1) is 0 Å². The van der Waals surface area contributed by atoms with Crippen LogP contribution in [-0.4, -0.2) is 48.9 Å². The Balaban J connectivity index is 1.98. The zero-order valence-electron chi connectivity index (χ0n) is 15.2. The lowest BCUT2D eigenvalue weighted by Crippen LogP contribution is -2.47. The molecule has 1 fully saturated rings. The second-order valence-electron chi connectivity index (χ2n) is 7.75. The molecule has 1 amide bonds. The summed E-state index contributed by atoms with van der Waals surface area (Å²) >= 11 is 0. The largest absolute Gasteiger partial charge is 0.338 e. The molecule has 1 saturated heterocycles. The molecule has 23 heavy (non-hydrogen) atoms. The van der Waals surface area contributed by atoms with E-state index in [9.17, 15) is 4.79 Å². The van der Waals surface area contributed by atoms with Crippen molar-refractivity contribution < 1.29 is 4.79 Å². The summed E-state index contributed by atoms with van der Waals surface area (Å²) in [6.07, 6.45) is 5.90. The first-order valence-electron chi connectivity index (χ1n) is 8.51. The molecule has 1 unspecified atom stereocenters. The van der Waals surface area contributed by atoms with Gasteiger partial charge < -0.3 is 9.80 Å². The first-order chi connectivity index (χ1) is 10.8. The number of amides is 1. The zero-order chi connectivity index (χ0) is 17.0. The van der Waals surface area contributed by atoms with Gasteiger partial charge in [0.15, 0.2) is 0 Å². The van der Waals surface area contributed by atoms with Crippen LogP contribution in [0.15, 0.2) is 30.3 Å². The van der Waals surface area contributed by atoms with Crippen LogP contribution in [0.25, 0.3) is 6.08 Å². The zero-order valence-corrected chi connectivity index (χ0v) is 15.2. The Hall–Kier alpha value is -1.61. The SMILES string of the molecule is CN(C)C1CCCN(C(=O)/C=C/c2ccc(C(C)(C)C)cc2)C1. The van der Waals surface area contributed by atoms with Gasteiger partial charge in [0, 0.05) is 25.2 Å². The number of benzene rings is 1. The summed E-state index contributed by atoms with van der Waals surface area (Å²) in [4.78, 5) is 16.6. The Bertz CT molecular complexity index is 552. The average Bonchev–Trinajstić information content (AvgIpc) is 2.52. The summed E-state index contributed by atoms with van der Waals surface area (Å²) in [5.41, 5.74) is 2.55. The molecule has 3 nitrogen and oxygen atoms in total. The molecular formula is C20H30N2O. The van der Waals surface area contributed by atoms with Crippen molar-refractivity contribution in [2.24, 2.45) is 0 Å². The molecule has 0 aliphatic carbocycles. The van der Waals surface area contributed by atoms with Crippen LogP contribution in [0.1, 0.15) is 44.7 Å². The number of carbonyl (C=O) groups excluding carboxylic acids is 1. The lowest BCUT2D eigenvalue weighted by atomic mass is 9.87. The van der Waals surface area contributed by atoms with Crippen molar-refractivity contribution in [3.8, 4) is 0 Å². The van der Waals surface area contributed by atoms with Crippen LogP contribution in [-0.2, 0) is 10.2 Å². The van der Waals surface area contributed by atoms with Crippen LogP contribution < -0.4 is 0 Å². The first kappa shape index (κ1) is 17.7. The third-order valence-electron chi connectivity index (χ3n) is 4.63. The summed E-state index contributed by atoms with van der Waals surface area (Å²) in [5, 5.41) is 0. The average molecular weight is 314 g/mol. The fraction of sp³-hybridized carbons (Fsp3) is 0.550. The Morgan fingerprint density at radius 3 is 2.43 bits per heavy atom. The van der Waals surface area contributed by atoms with Crippen molar-refractivity contribution in [2.75, 3.05) is 27.2 Å². The third kappa shape index (κ3) is 4.93. The van der Waals surface area contributed by atoms with E-state index >= 15 is 0 Å². The number of nitrogens with zero attached hydrogens (tertiary/aromatic N) is 2. The smallest absolute Gasteiger partial charge is 0.246 e. The third-order valence-corrected chi connectivity index (χ3v) is 4.63. The molecule has 0 N–H and O–H groups in total. The molecule has 0 spiro atoms. The number of piperidine rings is 1. The number of likely N-dealkylation sites (tertiary alicyclic amines) is 1. The molecule has 0 radical (unpaired) electrons. The lowest BCUT2D eigenvalue weighted by molar-refractivity contribution is -0.127. The molecular weight excluding hydrogens is 284 g/mol. The first-order valence-corrected chi connectivity index (χ1v) is 8.51. The van der Waals surface area contributed by atoms with Gasteiger partial charge in [-0.05, 0) is 49.6 Å². The standard InChI is InChI=1S/C20H30N2O/c1-20(2,3)17-11-8-16(9-12-17)10-13-19(23)22-14-6-7-18(15-22)21(4)5/h8-13,18H,6-7,14-15H2,1-5H3/b13-10+. The van der Waals surface area contributed by atoms with E-state index in [4.69, 9.17) is 0 Å². The van der Waals surface area contributed by atoms with Crippen LogP contribution in [0.2, 0.25) is 0 Å². The summed E-state index contributed by atoms with van der Waals surface area (Å²) in [7, 11) is 4.18. The molecule has 1 atom stereocenters. The van der Waals surface area contributed by atoms with E-state index in [1.54, 1.807) is 6.08 Å². The Morgan fingerprint density at radius 2 is 1.87 bits per heavy atom. The molecule has 1 aliphatic heterocycles. The fourth-order valence-electron chi connectivity index (χ4n) is 2.94. The Kier molecular flexibility index (Phi) is 5.64. The molecule has 2 rings (SSSR count). The molecule has 0 aromatic heterocycles. The number of rotatable bonds is 3. The molecule has 1 heterocycles. The van der Waals surface area contributed by atoms with Crippen LogP contribution in [0.4, 0.5) is 0 Å². The highest BCUT2D eigenvalue weighted by molar-refractivity contribution is 5.91. The second kappa shape index (κ2) is 7.31. The Morgan fingerprint density at radius 1 is 1.22 bits per heavy atom. The van der Waals surface area contributed by atoms with Gasteiger partial charge >= 0.3 is 0 Å². The van der Waals surface area contributed by atoms with Crippen molar-refractivity contribution in [3.63, 3.8) is 0 Å². The highest BCUT2D eigenvalue weighted by Crippen LogP contribution is 2.22. The van der Waals surface area contributed by atoms with E-state index in [2.05, 4.69) is 64.0 Å². The van der Waals surface area contributed by atoms with Gasteiger partial charge in [-0.25, -0.2) is 0 Å². The number of likely N-dealkylation sites (N-methyl/N-ethyl adjacent to an activating group) is 1. The van der Waals surface area contributed by atoms with Crippen LogP contribution in [0.3, 0.4) is 0 Å². The molecule has 1 aliphatic rings. The van der Waals surface area contributed by atoms with Crippen molar-refractivity contribution in [1.29, 1.82) is 0 Å². The van der Waals surface area contributed by atoms with Gasteiger partial charge in [-0.15, -0.1) is 0 Å². The van der Waals surface area contributed by atoms with E-state index in [1.807, 2.05) is 11.0 Å². The van der Waals surface area contributed by atoms with Gasteiger partial charge in [0.25, 0.3) is 0 Å². The van der Waals surface area contributed by atoms with Gasteiger partial charge in [0.2, 0.25) is 5.91 Å². The van der Waals surface area contributed by atoms with E-state index < -0.39 is 0 Å². The van der Waals surface area contributed by atoms with Crippen LogP contribution in [0, 0.1) is 0 Å². The summed E-state index contributed by atoms with van der Waals surface area (Å²) in [5.74, 6) is 0.122. The number of carbonyl (C=O) groups is 1. The minimum absolute atomic E-state index is 0.122. The predicted octanol–water partition coefficient (Wildman–Crippen LogP) is 3.55. The molecule has 126 valence electrons. The highest BCUT2D eigenvalue weighted by atomic mass is 16.2. The summed E-state index contributed by atoms with van der Waals surface area (Å²) in [6, 6.07) is 8.94. The lowest BCUT2D eigenvalue weighted by Gasteiger charge is -2.35. The fourth-order valence-corrected chi connectivity index (χ4v) is 2.94. The topological polar surface area (TPSA) is 23.6 Å². The minimum Gasteiger partial charge on any atom is -0.338 e. The monoisotopic (exact) mass is 314 g/mol. The maximum absolute atomic E-state index is 12.4. The van der Waals surface area contributed by atoms with Crippen molar-refractivity contribution in [2.45, 2.75) is 45.1 Å². The van der Waals surface area contributed by atoms with Gasteiger partial charge in [-0.1, -0.05) is 45.0 Å². The predicted molar refractivity (Wildman–Crippen MR) is 97.5 cm³/mol. The molecule has 0 bridgehead atoms. The molecule has 1 aromatic carbocycles. The van der Waals surface area contributed by atoms with Gasteiger partial charge in [0.1, 0.15) is 0 Å². The van der Waals surface area contributed by atoms with Crippen molar-refractivity contribution in [1.82, 2.24) is 9.80 Å². The van der Waals surface area contributed by atoms with Crippen molar-refractivity contribution >= 4 is 12.0 Å². The van der Waals surface area contributed by atoms with Crippen LogP contribution in [0.5, 0.6) is 0 Å². The maximum Gasteiger partial charge on any atom is 0.246 e. The second-order valence-corrected chi connectivity index (χ2v) is 7.75. The van der Waals surface area contributed by atoms with Crippen LogP contribution >= 0.6 is 0 Å². The summed E-state index contributed by atoms with van der Waals surface area (Å²) < 4.78 is 0. The van der Waals surface area contributed by atoms with Gasteiger partial charge in [-0.2, -0.15) is 0 Å². The molecule has 0 saturated carbocycles. The van der Waals surface area contributed by atoms with E-state index in [1.165, 1.54) is 12.0 Å². The van der Waals surface area contributed by atoms with E-state index in [0.29, 0.717) is 6.04 Å². The van der Waals surface area contributed by atoms with E-state index in [-0.39, 0.29) is 11.3 Å². The molecule has 3 heteroatoms. The van der Waals surface area contributed by atoms with Crippen molar-refractivity contribution in [3.05, 3.63) is 41.5 Å². The molecule has 1 aromatic rings. The quantitative estimate of drug-likeness (QED) is 0.797. The van der Waals surface area contributed by atoms with E-state index in [0.717, 1.165) is 25.1 Å². The number of hydrogen-bond donors (Lipinski definition) is 0. The Labute approximate surface area is 141 Å².